The summed E-state index contributed by atoms with van der Waals surface area (Å²) in [6, 6.07) is 0. The fourth-order valence-corrected chi connectivity index (χ4v) is 2.96. The molecule has 0 bridgehead atoms. The molecule has 5 heteroatoms. The molecule has 188 valence electrons. The second-order valence-electron chi connectivity index (χ2n) is 7.42. The van der Waals surface area contributed by atoms with Gasteiger partial charge in [-0.15, -0.1) is 26.3 Å². The molecule has 0 aromatic carbocycles. The third kappa shape index (κ3) is 47.8. The van der Waals surface area contributed by atoms with Gasteiger partial charge in [0, 0.05) is 32.6 Å². The van der Waals surface area contributed by atoms with Crippen LogP contribution >= 0.6 is 0 Å². The van der Waals surface area contributed by atoms with E-state index in [0.29, 0.717) is 32.6 Å². The average Bonchev–Trinajstić information content (AvgIpc) is 2.83. The van der Waals surface area contributed by atoms with Crippen LogP contribution in [0, 0.1) is 0 Å². The van der Waals surface area contributed by atoms with Crippen molar-refractivity contribution in [2.45, 2.75) is 110 Å². The first kappa shape index (κ1) is 37.2. The highest BCUT2D eigenvalue weighted by atomic mass is 16.1. The smallest absolute Gasteiger partial charge is 0.220 e. The van der Waals surface area contributed by atoms with Gasteiger partial charge in [-0.05, 0) is 6.42 Å². The fourth-order valence-electron chi connectivity index (χ4n) is 2.96. The molecule has 0 aliphatic rings. The van der Waals surface area contributed by atoms with E-state index in [-0.39, 0.29) is 5.91 Å². The molecule has 0 aromatic rings. The Bertz CT molecular complexity index is 297. The van der Waals surface area contributed by atoms with Crippen molar-refractivity contribution in [2.75, 3.05) is 26.2 Å². The molecule has 31 heavy (non-hydrogen) atoms. The van der Waals surface area contributed by atoms with E-state index in [1.807, 2.05) is 0 Å². The summed E-state index contributed by atoms with van der Waals surface area (Å²) in [5, 5.41) is 2.82. The Balaban J connectivity index is -0.000000396. The van der Waals surface area contributed by atoms with E-state index in [4.69, 9.17) is 17.2 Å². The molecule has 0 heterocycles. The van der Waals surface area contributed by atoms with Gasteiger partial charge in [0.2, 0.25) is 5.91 Å². The lowest BCUT2D eigenvalue weighted by atomic mass is 10.0. The zero-order chi connectivity index (χ0) is 24.4. The molecule has 1 amide bonds. The number of rotatable bonds is 19. The van der Waals surface area contributed by atoms with Crippen LogP contribution in [0.1, 0.15) is 110 Å². The van der Waals surface area contributed by atoms with Crippen molar-refractivity contribution < 1.29 is 4.79 Å². The summed E-state index contributed by atoms with van der Waals surface area (Å²) < 4.78 is 0. The van der Waals surface area contributed by atoms with E-state index < -0.39 is 0 Å². The van der Waals surface area contributed by atoms with Crippen molar-refractivity contribution in [3.63, 3.8) is 0 Å². The predicted molar refractivity (Wildman–Crippen MR) is 142 cm³/mol. The Morgan fingerprint density at radius 3 is 1.19 bits per heavy atom. The molecule has 0 unspecified atom stereocenters. The van der Waals surface area contributed by atoms with Crippen LogP contribution < -0.4 is 22.5 Å². The van der Waals surface area contributed by atoms with Gasteiger partial charge in [0.15, 0.2) is 0 Å². The molecule has 0 fully saturated rings. The van der Waals surface area contributed by atoms with Crippen molar-refractivity contribution in [3.05, 3.63) is 26.3 Å². The summed E-state index contributed by atoms with van der Waals surface area (Å²) in [4.78, 5) is 11.4. The number of nitrogens with two attached hydrogens (primary N) is 3. The minimum Gasteiger partial charge on any atom is -0.355 e. The number of unbranched alkanes of at least 4 members (excludes halogenated alkanes) is 14. The minimum atomic E-state index is 0.158. The van der Waals surface area contributed by atoms with Crippen LogP contribution in [-0.2, 0) is 4.79 Å². The van der Waals surface area contributed by atoms with Gasteiger partial charge in [0.25, 0.3) is 0 Å². The Hall–Kier alpha value is -1.17. The third-order valence-corrected chi connectivity index (χ3v) is 4.64. The number of carbonyl (C=O) groups is 1. The molecule has 0 saturated heterocycles. The van der Waals surface area contributed by atoms with Gasteiger partial charge < -0.3 is 22.5 Å². The largest absolute Gasteiger partial charge is 0.355 e. The summed E-state index contributed by atoms with van der Waals surface area (Å²) >= 11 is 0. The zero-order valence-corrected chi connectivity index (χ0v) is 21.1. The van der Waals surface area contributed by atoms with Gasteiger partial charge in [-0.3, -0.25) is 4.79 Å². The summed E-state index contributed by atoms with van der Waals surface area (Å²) in [7, 11) is 0. The minimum absolute atomic E-state index is 0.158. The van der Waals surface area contributed by atoms with E-state index in [0.717, 1.165) is 6.42 Å². The van der Waals surface area contributed by atoms with Crippen LogP contribution in [0.15, 0.2) is 26.3 Å². The zero-order valence-electron chi connectivity index (χ0n) is 21.1. The van der Waals surface area contributed by atoms with Crippen molar-refractivity contribution in [1.29, 1.82) is 0 Å². The van der Waals surface area contributed by atoms with Crippen LogP contribution in [-0.4, -0.2) is 32.1 Å². The predicted octanol–water partition coefficient (Wildman–Crippen LogP) is 5.83. The number of nitrogens with one attached hydrogen (secondary N) is 1. The molecule has 0 aromatic heterocycles. The maximum Gasteiger partial charge on any atom is 0.220 e. The van der Waals surface area contributed by atoms with E-state index in [9.17, 15) is 4.79 Å². The molecule has 0 spiro atoms. The normalized spacial score (nSPS) is 9.29. The monoisotopic (exact) mass is 442 g/mol. The third-order valence-electron chi connectivity index (χ3n) is 4.64. The van der Waals surface area contributed by atoms with Crippen molar-refractivity contribution >= 4 is 5.91 Å². The lowest BCUT2D eigenvalue weighted by Crippen LogP contribution is -2.28. The van der Waals surface area contributed by atoms with Crippen LogP contribution in [0.2, 0.25) is 0 Å². The number of carbonyl (C=O) groups excluding carboxylic acids is 1. The quantitative estimate of drug-likeness (QED) is 0.149. The van der Waals surface area contributed by atoms with Crippen molar-refractivity contribution in [3.8, 4) is 0 Å². The highest BCUT2D eigenvalue weighted by Gasteiger charge is 1.99. The van der Waals surface area contributed by atoms with Crippen LogP contribution in [0.5, 0.6) is 0 Å². The van der Waals surface area contributed by atoms with Gasteiger partial charge in [0.05, 0.1) is 0 Å². The molecule has 0 radical (unpaired) electrons. The van der Waals surface area contributed by atoms with E-state index in [1.165, 1.54) is 89.9 Å². The molecule has 0 atom stereocenters. The highest BCUT2D eigenvalue weighted by Crippen LogP contribution is 2.13. The Labute approximate surface area is 195 Å². The number of amides is 1. The highest BCUT2D eigenvalue weighted by molar-refractivity contribution is 5.75. The molecule has 0 aliphatic heterocycles. The first-order chi connectivity index (χ1) is 15.2. The molecule has 5 nitrogen and oxygen atoms in total. The number of hydrogen-bond donors (Lipinski definition) is 4. The molecule has 0 saturated carbocycles. The Morgan fingerprint density at radius 2 is 0.903 bits per heavy atom. The van der Waals surface area contributed by atoms with Crippen LogP contribution in [0.4, 0.5) is 0 Å². The molecular formula is C26H58N4O. The maximum absolute atomic E-state index is 11.4. The van der Waals surface area contributed by atoms with Gasteiger partial charge in [-0.2, -0.15) is 0 Å². The van der Waals surface area contributed by atoms with Crippen LogP contribution in [0.3, 0.4) is 0 Å². The summed E-state index contributed by atoms with van der Waals surface area (Å²) in [5.74, 6) is 0.158. The lowest BCUT2D eigenvalue weighted by molar-refractivity contribution is -0.121. The first-order valence-electron chi connectivity index (χ1n) is 12.6. The number of hydrogen-bond acceptors (Lipinski definition) is 4. The van der Waals surface area contributed by atoms with Gasteiger partial charge in [-0.25, -0.2) is 0 Å². The molecule has 0 aliphatic carbocycles. The molecule has 0 rings (SSSR count). The SMILES string of the molecule is C=C.C=C.CCCCCCCCCCCCCCCCCC(=O)NCCN.NCCN. The van der Waals surface area contributed by atoms with Gasteiger partial charge in [0.1, 0.15) is 0 Å². The van der Waals surface area contributed by atoms with E-state index >= 15 is 0 Å². The summed E-state index contributed by atoms with van der Waals surface area (Å²) in [6.45, 7) is 16.6. The Kier molecular flexibility index (Phi) is 51.4. The van der Waals surface area contributed by atoms with Gasteiger partial charge >= 0.3 is 0 Å². The average molecular weight is 443 g/mol. The Morgan fingerprint density at radius 1 is 0.581 bits per heavy atom. The molecular weight excluding hydrogens is 384 g/mol. The van der Waals surface area contributed by atoms with Crippen molar-refractivity contribution in [1.82, 2.24) is 5.32 Å². The van der Waals surface area contributed by atoms with Crippen LogP contribution in [0.25, 0.3) is 0 Å². The van der Waals surface area contributed by atoms with E-state index in [2.05, 4.69) is 38.6 Å². The second-order valence-corrected chi connectivity index (χ2v) is 7.42. The van der Waals surface area contributed by atoms with Gasteiger partial charge in [-0.1, -0.05) is 96.8 Å². The van der Waals surface area contributed by atoms with E-state index in [1.54, 1.807) is 0 Å². The first-order valence-corrected chi connectivity index (χ1v) is 12.6. The molecule has 7 N–H and O–H groups in total. The summed E-state index contributed by atoms with van der Waals surface area (Å²) in [6.07, 6.45) is 21.1. The maximum atomic E-state index is 11.4. The fraction of sp³-hybridized carbons (Fsp3) is 0.808. The topological polar surface area (TPSA) is 107 Å². The summed E-state index contributed by atoms with van der Waals surface area (Å²) in [5.41, 5.74) is 15.2. The lowest BCUT2D eigenvalue weighted by Gasteiger charge is -2.04. The van der Waals surface area contributed by atoms with Crippen molar-refractivity contribution in [2.24, 2.45) is 17.2 Å². The second kappa shape index (κ2) is 42.8. The standard InChI is InChI=1S/C20H42N2O.C2H8N2.2C2H4/c1-2-3-4-5-6-7-8-9-10-11-12-13-14-15-16-17-20(23)22-19-18-21;3-1-2-4;2*1-2/h2-19,21H2,1H3,(H,22,23);1-4H2;2*1-2H2.